The van der Waals surface area contributed by atoms with Crippen molar-refractivity contribution >= 4 is 16.9 Å². The van der Waals surface area contributed by atoms with Crippen molar-refractivity contribution in [3.05, 3.63) is 102 Å². The molecule has 2 aromatic heterocycles. The molecular weight excluding hydrogens is 344 g/mol. The quantitative estimate of drug-likeness (QED) is 0.398. The third-order valence-corrected chi connectivity index (χ3v) is 4.85. The second-order valence-corrected chi connectivity index (χ2v) is 6.93. The van der Waals surface area contributed by atoms with Gasteiger partial charge >= 0.3 is 0 Å². The molecule has 0 amide bonds. The first kappa shape index (κ1) is 17.7. The van der Waals surface area contributed by atoms with Crippen molar-refractivity contribution in [1.82, 2.24) is 14.6 Å². The second kappa shape index (κ2) is 7.16. The number of hydrogen-bond donors (Lipinski definition) is 1. The number of allylic oxidation sites excluding steroid dienone is 2. The number of anilines is 1. The Kier molecular flexibility index (Phi) is 4.53. The Bertz CT molecular complexity index is 1200. The SMILES string of the molecule is C=C/C=C(\c1ccc(C)cc1C)c1cnn2cc(-c3ccc(N)cc3)cnc12. The highest BCUT2D eigenvalue weighted by atomic mass is 15.2. The van der Waals surface area contributed by atoms with Gasteiger partial charge in [-0.1, -0.05) is 54.6 Å². The van der Waals surface area contributed by atoms with E-state index in [0.29, 0.717) is 0 Å². The third-order valence-electron chi connectivity index (χ3n) is 4.85. The van der Waals surface area contributed by atoms with Crippen LogP contribution >= 0.6 is 0 Å². The van der Waals surface area contributed by atoms with Crippen LogP contribution < -0.4 is 5.73 Å². The smallest absolute Gasteiger partial charge is 0.162 e. The zero-order valence-electron chi connectivity index (χ0n) is 16.1. The molecule has 0 aliphatic carbocycles. The van der Waals surface area contributed by atoms with E-state index in [2.05, 4.69) is 43.7 Å². The summed E-state index contributed by atoms with van der Waals surface area (Å²) in [7, 11) is 0. The molecule has 0 spiro atoms. The van der Waals surface area contributed by atoms with Gasteiger partial charge in [0.2, 0.25) is 0 Å². The normalized spacial score (nSPS) is 11.7. The molecule has 2 heterocycles. The molecule has 0 saturated carbocycles. The van der Waals surface area contributed by atoms with Crippen LogP contribution in [0.4, 0.5) is 5.69 Å². The average Bonchev–Trinajstić information content (AvgIpc) is 3.10. The first-order valence-corrected chi connectivity index (χ1v) is 9.17. The van der Waals surface area contributed by atoms with E-state index in [1.807, 2.05) is 53.4 Å². The maximum atomic E-state index is 5.79. The maximum Gasteiger partial charge on any atom is 0.162 e. The van der Waals surface area contributed by atoms with Crippen molar-refractivity contribution < 1.29 is 0 Å². The van der Waals surface area contributed by atoms with Gasteiger partial charge in [-0.15, -0.1) is 0 Å². The molecule has 138 valence electrons. The summed E-state index contributed by atoms with van der Waals surface area (Å²) in [6.45, 7) is 8.11. The molecule has 4 rings (SSSR count). The second-order valence-electron chi connectivity index (χ2n) is 6.93. The van der Waals surface area contributed by atoms with Crippen molar-refractivity contribution in [3.63, 3.8) is 0 Å². The van der Waals surface area contributed by atoms with Crippen LogP contribution in [-0.4, -0.2) is 14.6 Å². The molecule has 0 saturated heterocycles. The Morgan fingerprint density at radius 2 is 1.79 bits per heavy atom. The largest absolute Gasteiger partial charge is 0.399 e. The fourth-order valence-corrected chi connectivity index (χ4v) is 3.45. The van der Waals surface area contributed by atoms with Gasteiger partial charge in [0.25, 0.3) is 0 Å². The highest BCUT2D eigenvalue weighted by Crippen LogP contribution is 2.30. The first-order chi connectivity index (χ1) is 13.6. The van der Waals surface area contributed by atoms with Crippen LogP contribution in [0.25, 0.3) is 22.3 Å². The number of aromatic nitrogens is 3. The van der Waals surface area contributed by atoms with Crippen molar-refractivity contribution in [2.45, 2.75) is 13.8 Å². The summed E-state index contributed by atoms with van der Waals surface area (Å²) in [5.74, 6) is 0. The van der Waals surface area contributed by atoms with Gasteiger partial charge in [-0.05, 0) is 48.2 Å². The summed E-state index contributed by atoms with van der Waals surface area (Å²) in [4.78, 5) is 4.71. The summed E-state index contributed by atoms with van der Waals surface area (Å²) in [6.07, 6.45) is 9.55. The lowest BCUT2D eigenvalue weighted by Crippen LogP contribution is -1.95. The predicted molar refractivity (Wildman–Crippen MR) is 116 cm³/mol. The molecule has 0 bridgehead atoms. The Morgan fingerprint density at radius 3 is 2.50 bits per heavy atom. The Morgan fingerprint density at radius 1 is 1.00 bits per heavy atom. The number of fused-ring (bicyclic) bond motifs is 1. The number of nitrogen functional groups attached to an aromatic ring is 1. The summed E-state index contributed by atoms with van der Waals surface area (Å²) in [5, 5.41) is 4.55. The molecule has 0 unspecified atom stereocenters. The van der Waals surface area contributed by atoms with Crippen LogP contribution in [0.3, 0.4) is 0 Å². The monoisotopic (exact) mass is 366 g/mol. The molecule has 0 radical (unpaired) electrons. The number of nitrogens with zero attached hydrogens (tertiary/aromatic N) is 3. The van der Waals surface area contributed by atoms with Crippen molar-refractivity contribution in [2.24, 2.45) is 0 Å². The molecule has 0 aliphatic heterocycles. The fraction of sp³-hybridized carbons (Fsp3) is 0.0833. The lowest BCUT2D eigenvalue weighted by molar-refractivity contribution is 0.941. The maximum absolute atomic E-state index is 5.79. The average molecular weight is 366 g/mol. The molecular formula is C24H22N4. The van der Waals surface area contributed by atoms with E-state index in [1.165, 1.54) is 11.1 Å². The van der Waals surface area contributed by atoms with Crippen LogP contribution in [0.15, 0.2) is 79.8 Å². The van der Waals surface area contributed by atoms with Gasteiger partial charge in [-0.25, -0.2) is 9.50 Å². The van der Waals surface area contributed by atoms with E-state index in [1.54, 1.807) is 6.08 Å². The summed E-state index contributed by atoms with van der Waals surface area (Å²) >= 11 is 0. The molecule has 0 aliphatic rings. The van der Waals surface area contributed by atoms with Gasteiger partial charge in [0.15, 0.2) is 5.65 Å². The zero-order chi connectivity index (χ0) is 19.7. The van der Waals surface area contributed by atoms with Gasteiger partial charge in [0.1, 0.15) is 0 Å². The van der Waals surface area contributed by atoms with E-state index in [-0.39, 0.29) is 0 Å². The first-order valence-electron chi connectivity index (χ1n) is 9.17. The third kappa shape index (κ3) is 3.21. The van der Waals surface area contributed by atoms with Crippen molar-refractivity contribution in [3.8, 4) is 11.1 Å². The number of benzene rings is 2. The van der Waals surface area contributed by atoms with Gasteiger partial charge in [-0.2, -0.15) is 5.10 Å². The van der Waals surface area contributed by atoms with E-state index in [0.717, 1.165) is 39.2 Å². The topological polar surface area (TPSA) is 56.2 Å². The molecule has 0 atom stereocenters. The number of aryl methyl sites for hydroxylation is 2. The van der Waals surface area contributed by atoms with E-state index in [9.17, 15) is 0 Å². The van der Waals surface area contributed by atoms with Gasteiger partial charge < -0.3 is 5.73 Å². The number of hydrogen-bond acceptors (Lipinski definition) is 3. The lowest BCUT2D eigenvalue weighted by atomic mass is 9.94. The molecule has 4 heteroatoms. The molecule has 4 nitrogen and oxygen atoms in total. The van der Waals surface area contributed by atoms with Crippen LogP contribution in [-0.2, 0) is 0 Å². The van der Waals surface area contributed by atoms with E-state index >= 15 is 0 Å². The van der Waals surface area contributed by atoms with Crippen molar-refractivity contribution in [2.75, 3.05) is 5.73 Å². The zero-order valence-corrected chi connectivity index (χ0v) is 16.1. The molecule has 28 heavy (non-hydrogen) atoms. The minimum absolute atomic E-state index is 0.742. The fourth-order valence-electron chi connectivity index (χ4n) is 3.45. The van der Waals surface area contributed by atoms with Crippen LogP contribution in [0.2, 0.25) is 0 Å². The molecule has 4 aromatic rings. The summed E-state index contributed by atoms with van der Waals surface area (Å²) < 4.78 is 1.82. The van der Waals surface area contributed by atoms with Gasteiger partial charge in [-0.3, -0.25) is 0 Å². The molecule has 0 fully saturated rings. The van der Waals surface area contributed by atoms with Crippen molar-refractivity contribution in [1.29, 1.82) is 0 Å². The number of nitrogens with two attached hydrogens (primary N) is 1. The standard InChI is InChI=1S/C24H22N4/c1-4-5-22(21-11-6-16(2)12-17(21)3)23-14-27-28-15-19(13-26-24(23)28)18-7-9-20(25)10-8-18/h4-15H,1,25H2,2-3H3/b22-5+. The van der Waals surface area contributed by atoms with E-state index < -0.39 is 0 Å². The minimum atomic E-state index is 0.742. The highest BCUT2D eigenvalue weighted by molar-refractivity contribution is 5.88. The van der Waals surface area contributed by atoms with Crippen LogP contribution in [0.5, 0.6) is 0 Å². The molecule has 2 aromatic carbocycles. The summed E-state index contributed by atoms with van der Waals surface area (Å²) in [5.41, 5.74) is 15.0. The number of rotatable bonds is 4. The van der Waals surface area contributed by atoms with Crippen LogP contribution in [0, 0.1) is 13.8 Å². The highest BCUT2D eigenvalue weighted by Gasteiger charge is 2.14. The molecule has 2 N–H and O–H groups in total. The Hall–Kier alpha value is -3.66. The van der Waals surface area contributed by atoms with Crippen LogP contribution in [0.1, 0.15) is 22.3 Å². The Labute approximate surface area is 164 Å². The predicted octanol–water partition coefficient (Wildman–Crippen LogP) is 5.21. The lowest BCUT2D eigenvalue weighted by Gasteiger charge is -2.11. The minimum Gasteiger partial charge on any atom is -0.399 e. The summed E-state index contributed by atoms with van der Waals surface area (Å²) in [6, 6.07) is 14.2. The van der Waals surface area contributed by atoms with Gasteiger partial charge in [0, 0.05) is 29.2 Å². The van der Waals surface area contributed by atoms with E-state index in [4.69, 9.17) is 10.7 Å². The van der Waals surface area contributed by atoms with Gasteiger partial charge in [0.05, 0.1) is 6.20 Å². The Balaban J connectivity index is 1.82.